The van der Waals surface area contributed by atoms with Gasteiger partial charge in [-0.1, -0.05) is 11.6 Å². The fraction of sp³-hybridized carbons (Fsp3) is 0.375. The predicted molar refractivity (Wildman–Crippen MR) is 98.9 cm³/mol. The van der Waals surface area contributed by atoms with E-state index >= 15 is 0 Å². The highest BCUT2D eigenvalue weighted by atomic mass is 35.5. The lowest BCUT2D eigenvalue weighted by Crippen LogP contribution is -2.29. The molecule has 130 valence electrons. The molecule has 0 fully saturated rings. The highest BCUT2D eigenvalue weighted by Crippen LogP contribution is 2.28. The predicted octanol–water partition coefficient (Wildman–Crippen LogP) is 4.55. The molecule has 8 heteroatoms. The number of nitrogens with one attached hydrogen (secondary N) is 1. The van der Waals surface area contributed by atoms with Gasteiger partial charge in [0.15, 0.2) is 9.84 Å². The van der Waals surface area contributed by atoms with Gasteiger partial charge in [0.05, 0.1) is 10.5 Å². The highest BCUT2D eigenvalue weighted by molar-refractivity contribution is 7.91. The second-order valence-electron chi connectivity index (χ2n) is 6.47. The third kappa shape index (κ3) is 4.37. The molecule has 0 aliphatic heterocycles. The van der Waals surface area contributed by atoms with E-state index in [1.807, 2.05) is 6.92 Å². The molecule has 0 unspecified atom stereocenters. The van der Waals surface area contributed by atoms with E-state index < -0.39 is 14.6 Å². The molecule has 1 aromatic heterocycles. The summed E-state index contributed by atoms with van der Waals surface area (Å²) in [5, 5.41) is 3.66. The summed E-state index contributed by atoms with van der Waals surface area (Å²) in [6, 6.07) is 5.13. The van der Waals surface area contributed by atoms with Gasteiger partial charge in [0, 0.05) is 22.5 Å². The molecule has 5 nitrogen and oxygen atoms in total. The average Bonchev–Trinajstić information content (AvgIpc) is 2.45. The van der Waals surface area contributed by atoms with Crippen LogP contribution in [0.1, 0.15) is 31.9 Å². The van der Waals surface area contributed by atoms with E-state index in [9.17, 15) is 8.42 Å². The van der Waals surface area contributed by atoms with Gasteiger partial charge in [0.1, 0.15) is 5.82 Å². The van der Waals surface area contributed by atoms with Crippen molar-refractivity contribution in [1.82, 2.24) is 9.97 Å². The van der Waals surface area contributed by atoms with Crippen LogP contribution in [0.3, 0.4) is 0 Å². The first-order valence-electron chi connectivity index (χ1n) is 7.26. The number of nitrogens with zero attached hydrogens (tertiary/aromatic N) is 2. The molecule has 2 rings (SSSR count). The van der Waals surface area contributed by atoms with Crippen molar-refractivity contribution >= 4 is 44.5 Å². The second-order valence-corrected chi connectivity index (χ2v) is 9.96. The molecule has 0 bridgehead atoms. The van der Waals surface area contributed by atoms with E-state index in [0.29, 0.717) is 22.1 Å². The molecule has 0 aliphatic rings. The first kappa shape index (κ1) is 19.0. The Balaban J connectivity index is 2.34. The van der Waals surface area contributed by atoms with Crippen LogP contribution in [0.15, 0.2) is 24.4 Å². The van der Waals surface area contributed by atoms with Gasteiger partial charge in [0.2, 0.25) is 5.28 Å². The molecule has 2 aromatic rings. The molecule has 0 saturated carbocycles. The Morgan fingerprint density at radius 2 is 1.88 bits per heavy atom. The summed E-state index contributed by atoms with van der Waals surface area (Å²) >= 11 is 12.0. The minimum atomic E-state index is -3.34. The standard InChI is InChI=1S/C16H19Cl2N3O2S/c1-10-8-19-15(18)21-14(10)20-12-5-6-13(17)11(7-12)9-24(22,23)16(2,3)4/h5-8H,9H2,1-4H3,(H,19,20,21). The van der Waals surface area contributed by atoms with Crippen molar-refractivity contribution in [2.24, 2.45) is 0 Å². The first-order chi connectivity index (χ1) is 11.0. The molecule has 0 amide bonds. The Bertz CT molecular complexity index is 862. The molecule has 1 aromatic carbocycles. The lowest BCUT2D eigenvalue weighted by Gasteiger charge is -2.20. The van der Waals surface area contributed by atoms with Gasteiger partial charge in [-0.2, -0.15) is 0 Å². The normalized spacial score (nSPS) is 12.2. The van der Waals surface area contributed by atoms with Gasteiger partial charge < -0.3 is 5.32 Å². The lowest BCUT2D eigenvalue weighted by molar-refractivity contribution is 0.559. The Hall–Kier alpha value is -1.37. The Labute approximate surface area is 152 Å². The zero-order valence-corrected chi connectivity index (χ0v) is 16.2. The van der Waals surface area contributed by atoms with Gasteiger partial charge >= 0.3 is 0 Å². The summed E-state index contributed by atoms with van der Waals surface area (Å²) in [6.07, 6.45) is 1.61. The molecule has 0 aliphatic carbocycles. The van der Waals surface area contributed by atoms with Crippen LogP contribution in [0, 0.1) is 6.92 Å². The van der Waals surface area contributed by atoms with Gasteiger partial charge in [0.25, 0.3) is 0 Å². The van der Waals surface area contributed by atoms with Crippen LogP contribution < -0.4 is 5.32 Å². The Morgan fingerprint density at radius 3 is 2.50 bits per heavy atom. The number of hydrogen-bond acceptors (Lipinski definition) is 5. The van der Waals surface area contributed by atoms with Crippen LogP contribution in [0.2, 0.25) is 10.3 Å². The van der Waals surface area contributed by atoms with Crippen molar-refractivity contribution < 1.29 is 8.42 Å². The number of halogens is 2. The first-order valence-corrected chi connectivity index (χ1v) is 9.67. The van der Waals surface area contributed by atoms with Crippen molar-refractivity contribution in [2.75, 3.05) is 5.32 Å². The molecule has 0 atom stereocenters. The summed E-state index contributed by atoms with van der Waals surface area (Å²) in [5.74, 6) is 0.427. The minimum Gasteiger partial charge on any atom is -0.340 e. The zero-order valence-electron chi connectivity index (χ0n) is 13.9. The number of aromatic nitrogens is 2. The van der Waals surface area contributed by atoms with Crippen LogP contribution >= 0.6 is 23.2 Å². The Kier molecular flexibility index (Phi) is 5.42. The van der Waals surface area contributed by atoms with E-state index in [1.165, 1.54) is 0 Å². The summed E-state index contributed by atoms with van der Waals surface area (Å²) in [6.45, 7) is 6.86. The maximum absolute atomic E-state index is 12.4. The number of rotatable bonds is 4. The summed E-state index contributed by atoms with van der Waals surface area (Å²) < 4.78 is 24.0. The molecule has 0 radical (unpaired) electrons. The molecular formula is C16H19Cl2N3O2S. The maximum Gasteiger partial charge on any atom is 0.224 e. The number of hydrogen-bond donors (Lipinski definition) is 1. The van der Waals surface area contributed by atoms with Crippen molar-refractivity contribution in [2.45, 2.75) is 38.2 Å². The van der Waals surface area contributed by atoms with E-state index in [0.717, 1.165) is 5.56 Å². The van der Waals surface area contributed by atoms with Gasteiger partial charge in [-0.15, -0.1) is 0 Å². The largest absolute Gasteiger partial charge is 0.340 e. The van der Waals surface area contributed by atoms with Crippen LogP contribution in [0.25, 0.3) is 0 Å². The van der Waals surface area contributed by atoms with Gasteiger partial charge in [-0.05, 0) is 63.1 Å². The number of sulfone groups is 1. The van der Waals surface area contributed by atoms with Crippen molar-refractivity contribution in [3.8, 4) is 0 Å². The van der Waals surface area contributed by atoms with E-state index in [4.69, 9.17) is 23.2 Å². The van der Waals surface area contributed by atoms with Crippen molar-refractivity contribution in [1.29, 1.82) is 0 Å². The highest BCUT2D eigenvalue weighted by Gasteiger charge is 2.29. The number of anilines is 2. The van der Waals surface area contributed by atoms with E-state index in [-0.39, 0.29) is 11.0 Å². The van der Waals surface area contributed by atoms with Gasteiger partial charge in [-0.3, -0.25) is 0 Å². The lowest BCUT2D eigenvalue weighted by atomic mass is 10.2. The van der Waals surface area contributed by atoms with Crippen LogP contribution in [0.4, 0.5) is 11.5 Å². The van der Waals surface area contributed by atoms with Crippen molar-refractivity contribution in [3.63, 3.8) is 0 Å². The van der Waals surface area contributed by atoms with Crippen LogP contribution in [0.5, 0.6) is 0 Å². The summed E-state index contributed by atoms with van der Waals surface area (Å²) in [4.78, 5) is 8.03. The third-order valence-electron chi connectivity index (χ3n) is 3.53. The molecular weight excluding hydrogens is 369 g/mol. The van der Waals surface area contributed by atoms with Crippen LogP contribution in [-0.4, -0.2) is 23.1 Å². The number of benzene rings is 1. The zero-order chi connectivity index (χ0) is 18.1. The van der Waals surface area contributed by atoms with Gasteiger partial charge in [-0.25, -0.2) is 18.4 Å². The fourth-order valence-corrected chi connectivity index (χ4v) is 3.35. The van der Waals surface area contributed by atoms with Crippen LogP contribution in [-0.2, 0) is 15.6 Å². The smallest absolute Gasteiger partial charge is 0.224 e. The monoisotopic (exact) mass is 387 g/mol. The molecule has 0 saturated heterocycles. The molecule has 24 heavy (non-hydrogen) atoms. The maximum atomic E-state index is 12.4. The molecule has 1 heterocycles. The third-order valence-corrected chi connectivity index (χ3v) is 6.64. The fourth-order valence-electron chi connectivity index (χ4n) is 1.87. The molecule has 0 spiro atoms. The second kappa shape index (κ2) is 6.86. The van der Waals surface area contributed by atoms with Crippen molar-refractivity contribution in [3.05, 3.63) is 45.8 Å². The molecule has 1 N–H and O–H groups in total. The van der Waals surface area contributed by atoms with E-state index in [1.54, 1.807) is 45.2 Å². The summed E-state index contributed by atoms with van der Waals surface area (Å²) in [7, 11) is -3.34. The minimum absolute atomic E-state index is 0.131. The summed E-state index contributed by atoms with van der Waals surface area (Å²) in [5.41, 5.74) is 2.03. The average molecular weight is 388 g/mol. The topological polar surface area (TPSA) is 72.0 Å². The van der Waals surface area contributed by atoms with E-state index in [2.05, 4.69) is 15.3 Å². The number of aryl methyl sites for hydroxylation is 1. The quantitative estimate of drug-likeness (QED) is 0.778. The Morgan fingerprint density at radius 1 is 1.21 bits per heavy atom. The SMILES string of the molecule is Cc1cnc(Cl)nc1Nc1ccc(Cl)c(CS(=O)(=O)C(C)(C)C)c1.